The van der Waals surface area contributed by atoms with Crippen molar-refractivity contribution in [2.45, 2.75) is 39.2 Å². The Kier molecular flexibility index (Phi) is 4.61. The first-order chi connectivity index (χ1) is 8.48. The van der Waals surface area contributed by atoms with Gasteiger partial charge in [-0.3, -0.25) is 0 Å². The van der Waals surface area contributed by atoms with Gasteiger partial charge >= 0.3 is 5.97 Å². The van der Waals surface area contributed by atoms with Gasteiger partial charge in [-0.15, -0.1) is 0 Å². The molecule has 0 fully saturated rings. The third-order valence-corrected chi connectivity index (χ3v) is 3.24. The molecule has 1 aromatic rings. The summed E-state index contributed by atoms with van der Waals surface area (Å²) in [5, 5.41) is 21.4. The van der Waals surface area contributed by atoms with Crippen molar-refractivity contribution < 1.29 is 15.0 Å². The number of aromatic nitrogens is 2. The molecule has 1 aromatic heterocycles. The molecule has 0 unspecified atom stereocenters. The van der Waals surface area contributed by atoms with E-state index in [1.54, 1.807) is 6.92 Å². The lowest BCUT2D eigenvalue weighted by Gasteiger charge is -2.30. The fraction of sp³-hybridized carbons (Fsp3) is 0.583. The first-order valence-electron chi connectivity index (χ1n) is 5.94. The highest BCUT2D eigenvalue weighted by Gasteiger charge is 2.26. The first kappa shape index (κ1) is 14.4. The van der Waals surface area contributed by atoms with E-state index < -0.39 is 11.5 Å². The van der Waals surface area contributed by atoms with E-state index in [0.29, 0.717) is 11.6 Å². The van der Waals surface area contributed by atoms with E-state index in [9.17, 15) is 9.90 Å². The molecule has 0 aliphatic carbocycles. The Bertz CT molecular complexity index is 422. The van der Waals surface area contributed by atoms with Gasteiger partial charge in [0.25, 0.3) is 0 Å². The number of aliphatic hydroxyl groups excluding tert-OH is 1. The summed E-state index contributed by atoms with van der Waals surface area (Å²) < 4.78 is 0. The third-order valence-electron chi connectivity index (χ3n) is 3.24. The number of anilines is 1. The summed E-state index contributed by atoms with van der Waals surface area (Å²) in [7, 11) is 0. The van der Waals surface area contributed by atoms with Crippen LogP contribution in [-0.2, 0) is 0 Å². The highest BCUT2D eigenvalue weighted by Crippen LogP contribution is 2.20. The van der Waals surface area contributed by atoms with E-state index in [4.69, 9.17) is 5.11 Å². The van der Waals surface area contributed by atoms with Crippen LogP contribution in [0.15, 0.2) is 6.20 Å². The standard InChI is InChI=1S/C12H19N3O3/c1-4-12(5-2,7-16)15-11-13-6-9(10(17)18)8(3)14-11/h6,16H,4-5,7H2,1-3H3,(H,17,18)(H,13,14,15). The van der Waals surface area contributed by atoms with E-state index >= 15 is 0 Å². The van der Waals surface area contributed by atoms with Crippen LogP contribution in [0.5, 0.6) is 0 Å². The monoisotopic (exact) mass is 253 g/mol. The smallest absolute Gasteiger partial charge is 0.339 e. The lowest BCUT2D eigenvalue weighted by atomic mass is 9.94. The predicted octanol–water partition coefficient (Wildman–Crippen LogP) is 1.45. The average molecular weight is 253 g/mol. The number of rotatable bonds is 6. The minimum absolute atomic E-state index is 0.0247. The Morgan fingerprint density at radius 3 is 2.44 bits per heavy atom. The second-order valence-corrected chi connectivity index (χ2v) is 4.27. The van der Waals surface area contributed by atoms with Crippen LogP contribution in [0, 0.1) is 6.92 Å². The second kappa shape index (κ2) is 5.77. The number of carbonyl (C=O) groups is 1. The zero-order valence-corrected chi connectivity index (χ0v) is 10.9. The zero-order chi connectivity index (χ0) is 13.8. The van der Waals surface area contributed by atoms with Crippen molar-refractivity contribution in [3.63, 3.8) is 0 Å². The lowest BCUT2D eigenvalue weighted by Crippen LogP contribution is -2.41. The van der Waals surface area contributed by atoms with Crippen LogP contribution < -0.4 is 5.32 Å². The topological polar surface area (TPSA) is 95.3 Å². The molecule has 6 heteroatoms. The number of aliphatic hydroxyl groups is 1. The van der Waals surface area contributed by atoms with Gasteiger partial charge in [0.05, 0.1) is 23.4 Å². The average Bonchev–Trinajstić information content (AvgIpc) is 2.36. The van der Waals surface area contributed by atoms with Gasteiger partial charge in [-0.25, -0.2) is 14.8 Å². The molecule has 0 aliphatic heterocycles. The summed E-state index contributed by atoms with van der Waals surface area (Å²) in [6.45, 7) is 5.52. The third kappa shape index (κ3) is 2.95. The molecule has 0 aromatic carbocycles. The highest BCUT2D eigenvalue weighted by molar-refractivity contribution is 5.88. The molecule has 1 heterocycles. The Morgan fingerprint density at radius 1 is 1.44 bits per heavy atom. The van der Waals surface area contributed by atoms with E-state index in [1.165, 1.54) is 6.20 Å². The maximum absolute atomic E-state index is 10.8. The van der Waals surface area contributed by atoms with Gasteiger partial charge < -0.3 is 15.5 Å². The van der Waals surface area contributed by atoms with Crippen molar-refractivity contribution in [1.82, 2.24) is 9.97 Å². The molecular formula is C12H19N3O3. The van der Waals surface area contributed by atoms with Crippen LogP contribution in [-0.4, -0.2) is 38.3 Å². The van der Waals surface area contributed by atoms with Gasteiger partial charge in [0.1, 0.15) is 0 Å². The molecule has 0 atom stereocenters. The molecule has 0 bridgehead atoms. The van der Waals surface area contributed by atoms with Crippen LogP contribution in [0.2, 0.25) is 0 Å². The van der Waals surface area contributed by atoms with Gasteiger partial charge in [-0.1, -0.05) is 13.8 Å². The number of aryl methyl sites for hydroxylation is 1. The van der Waals surface area contributed by atoms with Crippen molar-refractivity contribution >= 4 is 11.9 Å². The molecule has 6 nitrogen and oxygen atoms in total. The maximum Gasteiger partial charge on any atom is 0.339 e. The summed E-state index contributed by atoms with van der Waals surface area (Å²) >= 11 is 0. The molecule has 0 saturated carbocycles. The number of aromatic carboxylic acids is 1. The number of carboxylic acids is 1. The number of nitrogens with zero attached hydrogens (tertiary/aromatic N) is 2. The van der Waals surface area contributed by atoms with E-state index in [0.717, 1.165) is 12.8 Å². The molecule has 0 spiro atoms. The Labute approximate surface area is 106 Å². The normalized spacial score (nSPS) is 11.3. The Balaban J connectivity index is 2.98. The molecule has 3 N–H and O–H groups in total. The van der Waals surface area contributed by atoms with Gasteiger partial charge in [0, 0.05) is 6.20 Å². The summed E-state index contributed by atoms with van der Waals surface area (Å²) in [6, 6.07) is 0. The number of carboxylic acid groups (broad SMARTS) is 1. The molecule has 0 saturated heterocycles. The Morgan fingerprint density at radius 2 is 2.06 bits per heavy atom. The van der Waals surface area contributed by atoms with Crippen molar-refractivity contribution in [2.75, 3.05) is 11.9 Å². The number of hydrogen-bond acceptors (Lipinski definition) is 5. The second-order valence-electron chi connectivity index (χ2n) is 4.27. The van der Waals surface area contributed by atoms with Crippen LogP contribution in [0.1, 0.15) is 42.7 Å². The van der Waals surface area contributed by atoms with Gasteiger partial charge in [-0.05, 0) is 19.8 Å². The maximum atomic E-state index is 10.8. The fourth-order valence-corrected chi connectivity index (χ4v) is 1.66. The molecule has 100 valence electrons. The number of nitrogens with one attached hydrogen (secondary N) is 1. The van der Waals surface area contributed by atoms with E-state index in [1.807, 2.05) is 13.8 Å². The van der Waals surface area contributed by atoms with Crippen molar-refractivity contribution in [3.05, 3.63) is 17.5 Å². The summed E-state index contributed by atoms with van der Waals surface area (Å²) in [5.41, 5.74) is 0.0270. The number of hydrogen-bond donors (Lipinski definition) is 3. The van der Waals surface area contributed by atoms with Crippen LogP contribution in [0.3, 0.4) is 0 Å². The van der Waals surface area contributed by atoms with Gasteiger partial charge in [0.2, 0.25) is 5.95 Å². The van der Waals surface area contributed by atoms with Gasteiger partial charge in [0.15, 0.2) is 0 Å². The van der Waals surface area contributed by atoms with Crippen molar-refractivity contribution in [2.24, 2.45) is 0 Å². The quantitative estimate of drug-likeness (QED) is 0.710. The minimum Gasteiger partial charge on any atom is -0.478 e. The first-order valence-corrected chi connectivity index (χ1v) is 5.94. The van der Waals surface area contributed by atoms with Crippen LogP contribution in [0.4, 0.5) is 5.95 Å². The summed E-state index contributed by atoms with van der Waals surface area (Å²) in [6.07, 6.45) is 2.73. The highest BCUT2D eigenvalue weighted by atomic mass is 16.4. The molecular weight excluding hydrogens is 234 g/mol. The summed E-state index contributed by atoms with van der Waals surface area (Å²) in [4.78, 5) is 18.9. The summed E-state index contributed by atoms with van der Waals surface area (Å²) in [5.74, 6) is -0.700. The molecule has 18 heavy (non-hydrogen) atoms. The van der Waals surface area contributed by atoms with Crippen molar-refractivity contribution in [3.8, 4) is 0 Å². The fourth-order valence-electron chi connectivity index (χ4n) is 1.66. The van der Waals surface area contributed by atoms with Gasteiger partial charge in [-0.2, -0.15) is 0 Å². The van der Waals surface area contributed by atoms with E-state index in [2.05, 4.69) is 15.3 Å². The van der Waals surface area contributed by atoms with Crippen LogP contribution >= 0.6 is 0 Å². The predicted molar refractivity (Wildman–Crippen MR) is 67.7 cm³/mol. The lowest BCUT2D eigenvalue weighted by molar-refractivity contribution is 0.0695. The minimum atomic E-state index is -1.04. The van der Waals surface area contributed by atoms with Crippen LogP contribution in [0.25, 0.3) is 0 Å². The van der Waals surface area contributed by atoms with E-state index in [-0.39, 0.29) is 12.2 Å². The SMILES string of the molecule is CCC(CC)(CO)Nc1ncc(C(=O)O)c(C)n1. The molecule has 0 radical (unpaired) electrons. The zero-order valence-electron chi connectivity index (χ0n) is 10.9. The largest absolute Gasteiger partial charge is 0.478 e. The molecule has 1 rings (SSSR count). The molecule has 0 aliphatic rings. The Hall–Kier alpha value is -1.69. The van der Waals surface area contributed by atoms with Crippen molar-refractivity contribution in [1.29, 1.82) is 0 Å². The molecule has 0 amide bonds.